The van der Waals surface area contributed by atoms with E-state index in [0.29, 0.717) is 5.56 Å². The van der Waals surface area contributed by atoms with Gasteiger partial charge in [-0.15, -0.1) is 0 Å². The summed E-state index contributed by atoms with van der Waals surface area (Å²) in [4.78, 5) is 11.9. The standard InChI is InChI=1S/C20H19NO3/c1-14(2)13-24-20(23)18(12-21)19(22)17-10-8-16(9-11-17)15-6-4-3-5-7-15/h3-11,14,22H,13H2,1-2H3/b19-18-. The van der Waals surface area contributed by atoms with E-state index in [1.807, 2.05) is 56.3 Å². The van der Waals surface area contributed by atoms with Crippen LogP contribution in [0.2, 0.25) is 0 Å². The number of carbonyl (C=O) groups excluding carboxylic acids is 1. The van der Waals surface area contributed by atoms with Crippen molar-refractivity contribution in [3.63, 3.8) is 0 Å². The molecule has 0 aromatic heterocycles. The maximum Gasteiger partial charge on any atom is 0.352 e. The largest absolute Gasteiger partial charge is 0.506 e. The SMILES string of the molecule is CC(C)COC(=O)/C(C#N)=C(\O)c1ccc(-c2ccccc2)cc1. The van der Waals surface area contributed by atoms with Gasteiger partial charge in [-0.1, -0.05) is 68.4 Å². The number of hydrogen-bond donors (Lipinski definition) is 1. The number of aliphatic hydroxyl groups is 1. The van der Waals surface area contributed by atoms with Crippen molar-refractivity contribution in [1.29, 1.82) is 5.26 Å². The quantitative estimate of drug-likeness (QED) is 0.385. The van der Waals surface area contributed by atoms with Crippen molar-refractivity contribution < 1.29 is 14.6 Å². The third-order valence-corrected chi connectivity index (χ3v) is 3.37. The van der Waals surface area contributed by atoms with Crippen LogP contribution in [0.4, 0.5) is 0 Å². The number of benzene rings is 2. The smallest absolute Gasteiger partial charge is 0.352 e. The van der Waals surface area contributed by atoms with Gasteiger partial charge in [0, 0.05) is 5.56 Å². The highest BCUT2D eigenvalue weighted by Gasteiger charge is 2.18. The summed E-state index contributed by atoms with van der Waals surface area (Å²) in [6, 6.07) is 18.5. The fourth-order valence-corrected chi connectivity index (χ4v) is 2.11. The first-order valence-electron chi connectivity index (χ1n) is 7.69. The van der Waals surface area contributed by atoms with E-state index in [-0.39, 0.29) is 23.9 Å². The van der Waals surface area contributed by atoms with Crippen LogP contribution in [0, 0.1) is 17.2 Å². The Morgan fingerprint density at radius 1 is 1.08 bits per heavy atom. The molecule has 0 heterocycles. The van der Waals surface area contributed by atoms with Crippen LogP contribution in [-0.2, 0) is 9.53 Å². The van der Waals surface area contributed by atoms with Gasteiger partial charge in [-0.05, 0) is 17.0 Å². The van der Waals surface area contributed by atoms with E-state index in [9.17, 15) is 9.90 Å². The van der Waals surface area contributed by atoms with E-state index in [1.54, 1.807) is 18.2 Å². The summed E-state index contributed by atoms with van der Waals surface area (Å²) in [5.74, 6) is -1.03. The molecule has 4 heteroatoms. The number of hydrogen-bond acceptors (Lipinski definition) is 4. The highest BCUT2D eigenvalue weighted by Crippen LogP contribution is 2.23. The van der Waals surface area contributed by atoms with Gasteiger partial charge in [-0.25, -0.2) is 4.79 Å². The molecular weight excluding hydrogens is 302 g/mol. The van der Waals surface area contributed by atoms with E-state index in [0.717, 1.165) is 11.1 Å². The summed E-state index contributed by atoms with van der Waals surface area (Å²) in [5, 5.41) is 19.4. The van der Waals surface area contributed by atoms with Crippen LogP contribution in [0.15, 0.2) is 60.2 Å². The fourth-order valence-electron chi connectivity index (χ4n) is 2.11. The van der Waals surface area contributed by atoms with Gasteiger partial charge in [-0.2, -0.15) is 5.26 Å². The van der Waals surface area contributed by atoms with Crippen LogP contribution >= 0.6 is 0 Å². The molecular formula is C20H19NO3. The van der Waals surface area contributed by atoms with Gasteiger partial charge in [0.2, 0.25) is 0 Å². The predicted molar refractivity (Wildman–Crippen MR) is 92.8 cm³/mol. The Morgan fingerprint density at radius 2 is 1.67 bits per heavy atom. The van der Waals surface area contributed by atoms with E-state index in [4.69, 9.17) is 10.00 Å². The lowest BCUT2D eigenvalue weighted by molar-refractivity contribution is -0.139. The van der Waals surface area contributed by atoms with Crippen LogP contribution in [0.3, 0.4) is 0 Å². The molecule has 0 fully saturated rings. The average Bonchev–Trinajstić information content (AvgIpc) is 2.61. The molecule has 4 nitrogen and oxygen atoms in total. The van der Waals surface area contributed by atoms with E-state index >= 15 is 0 Å². The van der Waals surface area contributed by atoms with Crippen molar-refractivity contribution in [2.45, 2.75) is 13.8 Å². The summed E-state index contributed by atoms with van der Waals surface area (Å²) in [6.45, 7) is 3.99. The minimum absolute atomic E-state index is 0.154. The van der Waals surface area contributed by atoms with Crippen molar-refractivity contribution in [3.8, 4) is 17.2 Å². The molecule has 0 aliphatic carbocycles. The molecule has 0 amide bonds. The Labute approximate surface area is 141 Å². The number of nitrogens with zero attached hydrogens (tertiary/aromatic N) is 1. The van der Waals surface area contributed by atoms with Gasteiger partial charge in [-0.3, -0.25) is 0 Å². The van der Waals surface area contributed by atoms with E-state index in [1.165, 1.54) is 0 Å². The lowest BCUT2D eigenvalue weighted by Gasteiger charge is -2.08. The summed E-state index contributed by atoms with van der Waals surface area (Å²) < 4.78 is 5.01. The maximum absolute atomic E-state index is 11.9. The molecule has 0 saturated carbocycles. The third kappa shape index (κ3) is 4.23. The van der Waals surface area contributed by atoms with Gasteiger partial charge < -0.3 is 9.84 Å². The van der Waals surface area contributed by atoms with Gasteiger partial charge in [0.05, 0.1) is 6.61 Å². The zero-order chi connectivity index (χ0) is 17.5. The first kappa shape index (κ1) is 17.3. The molecule has 0 aliphatic heterocycles. The summed E-state index contributed by atoms with van der Waals surface area (Å²) in [7, 11) is 0. The van der Waals surface area contributed by atoms with Gasteiger partial charge >= 0.3 is 5.97 Å². The van der Waals surface area contributed by atoms with Crippen LogP contribution in [0.5, 0.6) is 0 Å². The van der Waals surface area contributed by atoms with Crippen LogP contribution in [0.25, 0.3) is 16.9 Å². The monoisotopic (exact) mass is 321 g/mol. The Bertz CT molecular complexity index is 769. The second kappa shape index (κ2) is 7.98. The number of rotatable bonds is 5. The lowest BCUT2D eigenvalue weighted by Crippen LogP contribution is -2.13. The molecule has 1 N–H and O–H groups in total. The Hall–Kier alpha value is -3.06. The second-order valence-corrected chi connectivity index (χ2v) is 5.77. The molecule has 122 valence electrons. The Balaban J connectivity index is 2.25. The first-order valence-corrected chi connectivity index (χ1v) is 7.69. The molecule has 0 aliphatic rings. The Morgan fingerprint density at radius 3 is 2.21 bits per heavy atom. The van der Waals surface area contributed by atoms with Crippen molar-refractivity contribution in [3.05, 3.63) is 65.7 Å². The minimum atomic E-state index is -0.809. The van der Waals surface area contributed by atoms with Gasteiger partial charge in [0.15, 0.2) is 5.57 Å². The van der Waals surface area contributed by atoms with Crippen molar-refractivity contribution in [2.24, 2.45) is 5.92 Å². The molecule has 0 atom stereocenters. The van der Waals surface area contributed by atoms with Crippen molar-refractivity contribution >= 4 is 11.7 Å². The van der Waals surface area contributed by atoms with Gasteiger partial charge in [0.25, 0.3) is 0 Å². The van der Waals surface area contributed by atoms with E-state index < -0.39 is 5.97 Å². The van der Waals surface area contributed by atoms with Crippen LogP contribution in [0.1, 0.15) is 19.4 Å². The number of aliphatic hydroxyl groups excluding tert-OH is 1. The fraction of sp³-hybridized carbons (Fsp3) is 0.200. The normalized spacial score (nSPS) is 11.6. The summed E-state index contributed by atoms with van der Waals surface area (Å²) >= 11 is 0. The number of carbonyl (C=O) groups is 1. The lowest BCUT2D eigenvalue weighted by atomic mass is 10.0. The molecule has 2 rings (SSSR count). The van der Waals surface area contributed by atoms with Crippen LogP contribution in [-0.4, -0.2) is 17.7 Å². The van der Waals surface area contributed by atoms with E-state index in [2.05, 4.69) is 0 Å². The zero-order valence-electron chi connectivity index (χ0n) is 13.7. The molecule has 2 aromatic rings. The second-order valence-electron chi connectivity index (χ2n) is 5.77. The molecule has 0 spiro atoms. The predicted octanol–water partition coefficient (Wildman–Crippen LogP) is 4.35. The number of nitriles is 1. The van der Waals surface area contributed by atoms with Gasteiger partial charge in [0.1, 0.15) is 11.8 Å². The summed E-state index contributed by atoms with van der Waals surface area (Å²) in [6.07, 6.45) is 0. The maximum atomic E-state index is 11.9. The highest BCUT2D eigenvalue weighted by molar-refractivity contribution is 6.00. The molecule has 2 aromatic carbocycles. The molecule has 0 bridgehead atoms. The summed E-state index contributed by atoms with van der Waals surface area (Å²) in [5.41, 5.74) is 2.04. The van der Waals surface area contributed by atoms with Crippen LogP contribution < -0.4 is 0 Å². The highest BCUT2D eigenvalue weighted by atomic mass is 16.5. The third-order valence-electron chi connectivity index (χ3n) is 3.37. The first-order chi connectivity index (χ1) is 11.5. The number of esters is 1. The zero-order valence-corrected chi connectivity index (χ0v) is 13.7. The van der Waals surface area contributed by atoms with Crippen molar-refractivity contribution in [1.82, 2.24) is 0 Å². The molecule has 0 saturated heterocycles. The van der Waals surface area contributed by atoms with Crippen molar-refractivity contribution in [2.75, 3.05) is 6.61 Å². The molecule has 24 heavy (non-hydrogen) atoms. The number of ether oxygens (including phenoxy) is 1. The Kier molecular flexibility index (Phi) is 5.75. The topological polar surface area (TPSA) is 70.3 Å². The minimum Gasteiger partial charge on any atom is -0.506 e. The molecule has 0 radical (unpaired) electrons. The molecule has 0 unspecified atom stereocenters. The average molecular weight is 321 g/mol.